The van der Waals surface area contributed by atoms with Crippen molar-refractivity contribution in [1.82, 2.24) is 0 Å². The molecule has 0 fully saturated rings. The number of ketones is 1. The van der Waals surface area contributed by atoms with Gasteiger partial charge in [0.15, 0.2) is 5.78 Å². The van der Waals surface area contributed by atoms with Gasteiger partial charge in [-0.1, -0.05) is 36.4 Å². The van der Waals surface area contributed by atoms with E-state index in [9.17, 15) is 18.0 Å². The summed E-state index contributed by atoms with van der Waals surface area (Å²) in [6, 6.07) is 13.5. The fourth-order valence-electron chi connectivity index (χ4n) is 1.92. The number of nitrogens with one attached hydrogen (secondary N) is 1. The summed E-state index contributed by atoms with van der Waals surface area (Å²) in [7, 11) is 0. The highest BCUT2D eigenvalue weighted by atomic mass is 19.4. The Balaban J connectivity index is 2.13. The second kappa shape index (κ2) is 6.47. The van der Waals surface area contributed by atoms with Crippen molar-refractivity contribution in [1.29, 1.82) is 0 Å². The molecule has 22 heavy (non-hydrogen) atoms. The first-order valence-corrected chi connectivity index (χ1v) is 6.58. The van der Waals surface area contributed by atoms with E-state index in [4.69, 9.17) is 0 Å². The molecule has 0 radical (unpaired) electrons. The Labute approximate surface area is 126 Å². The highest BCUT2D eigenvalue weighted by Gasteiger charge is 2.30. The Kier molecular flexibility index (Phi) is 4.65. The van der Waals surface area contributed by atoms with Crippen LogP contribution >= 0.6 is 0 Å². The van der Waals surface area contributed by atoms with Crippen molar-refractivity contribution in [2.75, 3.05) is 5.32 Å². The van der Waals surface area contributed by atoms with E-state index in [0.29, 0.717) is 11.3 Å². The molecule has 0 atom stereocenters. The molecule has 2 nitrogen and oxygen atoms in total. The van der Waals surface area contributed by atoms with E-state index >= 15 is 0 Å². The van der Waals surface area contributed by atoms with Crippen LogP contribution in [0.4, 0.5) is 18.9 Å². The van der Waals surface area contributed by atoms with Gasteiger partial charge in [0.25, 0.3) is 0 Å². The molecule has 0 aliphatic heterocycles. The summed E-state index contributed by atoms with van der Waals surface area (Å²) in [4.78, 5) is 12.0. The average molecular weight is 305 g/mol. The van der Waals surface area contributed by atoms with Gasteiger partial charge < -0.3 is 5.32 Å². The number of anilines is 1. The van der Waals surface area contributed by atoms with Crippen molar-refractivity contribution < 1.29 is 18.0 Å². The molecule has 0 amide bonds. The molecule has 0 heterocycles. The lowest BCUT2D eigenvalue weighted by atomic mass is 10.1. The summed E-state index contributed by atoms with van der Waals surface area (Å²) >= 11 is 0. The predicted octanol–water partition coefficient (Wildman–Crippen LogP) is 4.90. The molecule has 114 valence electrons. The Morgan fingerprint density at radius 3 is 2.36 bits per heavy atom. The van der Waals surface area contributed by atoms with Gasteiger partial charge in [0.2, 0.25) is 0 Å². The number of allylic oxidation sites excluding steroid dienone is 2. The van der Waals surface area contributed by atoms with Crippen LogP contribution in [0.5, 0.6) is 0 Å². The monoisotopic (exact) mass is 305 g/mol. The maximum atomic E-state index is 12.6. The number of hydrogen-bond acceptors (Lipinski definition) is 2. The molecule has 0 unspecified atom stereocenters. The Hall–Kier alpha value is -2.56. The highest BCUT2D eigenvalue weighted by molar-refractivity contribution is 6.05. The third kappa shape index (κ3) is 4.22. The van der Waals surface area contributed by atoms with Gasteiger partial charge >= 0.3 is 6.18 Å². The molecule has 5 heteroatoms. The molecule has 0 aliphatic rings. The third-order valence-electron chi connectivity index (χ3n) is 2.94. The normalized spacial score (nSPS) is 12.1. The van der Waals surface area contributed by atoms with E-state index in [0.717, 1.165) is 12.1 Å². The number of hydrogen-bond donors (Lipinski definition) is 1. The van der Waals surface area contributed by atoms with Gasteiger partial charge in [0, 0.05) is 23.0 Å². The fourth-order valence-corrected chi connectivity index (χ4v) is 1.92. The minimum atomic E-state index is -4.39. The molecule has 1 N–H and O–H groups in total. The van der Waals surface area contributed by atoms with Crippen molar-refractivity contribution in [2.24, 2.45) is 0 Å². The quantitative estimate of drug-likeness (QED) is 0.642. The van der Waals surface area contributed by atoms with Crippen LogP contribution in [0.3, 0.4) is 0 Å². The van der Waals surface area contributed by atoms with E-state index in [1.807, 2.05) is 0 Å². The zero-order valence-corrected chi connectivity index (χ0v) is 11.8. The Morgan fingerprint density at radius 1 is 1.05 bits per heavy atom. The van der Waals surface area contributed by atoms with Gasteiger partial charge in [-0.2, -0.15) is 13.2 Å². The number of benzene rings is 2. The van der Waals surface area contributed by atoms with E-state index in [1.54, 1.807) is 37.3 Å². The molecule has 0 saturated carbocycles. The van der Waals surface area contributed by atoms with Crippen molar-refractivity contribution >= 4 is 11.5 Å². The smallest absolute Gasteiger partial charge is 0.359 e. The van der Waals surface area contributed by atoms with Gasteiger partial charge in [-0.3, -0.25) is 4.79 Å². The van der Waals surface area contributed by atoms with Crippen LogP contribution in [-0.4, -0.2) is 5.78 Å². The number of rotatable bonds is 4. The second-order valence-electron chi connectivity index (χ2n) is 4.76. The van der Waals surface area contributed by atoms with Gasteiger partial charge in [0.05, 0.1) is 5.56 Å². The van der Waals surface area contributed by atoms with Crippen LogP contribution in [0.15, 0.2) is 66.4 Å². The largest absolute Gasteiger partial charge is 0.416 e. The molecular weight excluding hydrogens is 291 g/mol. The van der Waals surface area contributed by atoms with E-state index < -0.39 is 11.7 Å². The zero-order valence-electron chi connectivity index (χ0n) is 11.8. The minimum Gasteiger partial charge on any atom is -0.359 e. The predicted molar refractivity (Wildman–Crippen MR) is 79.6 cm³/mol. The topological polar surface area (TPSA) is 29.1 Å². The summed E-state index contributed by atoms with van der Waals surface area (Å²) in [5, 5.41) is 2.80. The van der Waals surface area contributed by atoms with E-state index in [-0.39, 0.29) is 11.5 Å². The lowest BCUT2D eigenvalue weighted by Crippen LogP contribution is -2.06. The van der Waals surface area contributed by atoms with Gasteiger partial charge in [0.1, 0.15) is 0 Å². The molecule has 2 rings (SSSR count). The third-order valence-corrected chi connectivity index (χ3v) is 2.94. The van der Waals surface area contributed by atoms with Gasteiger partial charge in [-0.05, 0) is 25.1 Å². The lowest BCUT2D eigenvalue weighted by Gasteiger charge is -2.10. The zero-order chi connectivity index (χ0) is 16.2. The lowest BCUT2D eigenvalue weighted by molar-refractivity contribution is -0.137. The summed E-state index contributed by atoms with van der Waals surface area (Å²) in [6.45, 7) is 1.63. The molecular formula is C17H14F3NO. The van der Waals surface area contributed by atoms with Crippen molar-refractivity contribution in [3.05, 3.63) is 77.5 Å². The summed E-state index contributed by atoms with van der Waals surface area (Å²) in [5.74, 6) is -0.211. The SMILES string of the molecule is C/C(=C/C(=O)c1ccccc1)Nc1cccc(C(F)(F)F)c1. The summed E-state index contributed by atoms with van der Waals surface area (Å²) < 4.78 is 37.9. The van der Waals surface area contributed by atoms with Crippen molar-refractivity contribution in [3.63, 3.8) is 0 Å². The molecule has 0 aliphatic carbocycles. The van der Waals surface area contributed by atoms with Gasteiger partial charge in [-0.25, -0.2) is 0 Å². The summed E-state index contributed by atoms with van der Waals surface area (Å²) in [5.41, 5.74) is 0.532. The maximum Gasteiger partial charge on any atom is 0.416 e. The molecule has 0 aromatic heterocycles. The average Bonchev–Trinajstić information content (AvgIpc) is 2.47. The Morgan fingerprint density at radius 2 is 1.73 bits per heavy atom. The molecule has 0 saturated heterocycles. The van der Waals surface area contributed by atoms with Crippen LogP contribution in [-0.2, 0) is 6.18 Å². The van der Waals surface area contributed by atoms with Crippen LogP contribution in [0.1, 0.15) is 22.8 Å². The molecule has 2 aromatic carbocycles. The van der Waals surface area contributed by atoms with Gasteiger partial charge in [-0.15, -0.1) is 0 Å². The molecule has 2 aromatic rings. The number of alkyl halides is 3. The minimum absolute atomic E-state index is 0.211. The first kappa shape index (κ1) is 15.8. The highest BCUT2D eigenvalue weighted by Crippen LogP contribution is 2.30. The van der Waals surface area contributed by atoms with Crippen LogP contribution in [0.25, 0.3) is 0 Å². The first-order chi connectivity index (χ1) is 10.4. The first-order valence-electron chi connectivity index (χ1n) is 6.58. The number of carbonyl (C=O) groups is 1. The summed E-state index contributed by atoms with van der Waals surface area (Å²) in [6.07, 6.45) is -3.04. The number of carbonyl (C=O) groups excluding carboxylic acids is 1. The van der Waals surface area contributed by atoms with E-state index in [1.165, 1.54) is 18.2 Å². The maximum absolute atomic E-state index is 12.6. The van der Waals surface area contributed by atoms with E-state index in [2.05, 4.69) is 5.32 Å². The molecule has 0 spiro atoms. The second-order valence-corrected chi connectivity index (χ2v) is 4.76. The van der Waals surface area contributed by atoms with Crippen molar-refractivity contribution in [3.8, 4) is 0 Å². The van der Waals surface area contributed by atoms with Crippen LogP contribution in [0, 0.1) is 0 Å². The standard InChI is InChI=1S/C17H14F3NO/c1-12(10-16(22)13-6-3-2-4-7-13)21-15-9-5-8-14(11-15)17(18,19)20/h2-11,21H,1H3/b12-10-. The van der Waals surface area contributed by atoms with Crippen molar-refractivity contribution in [2.45, 2.75) is 13.1 Å². The Bertz CT molecular complexity index is 691. The fraction of sp³-hybridized carbons (Fsp3) is 0.118. The molecule has 0 bridgehead atoms. The number of halogens is 3. The van der Waals surface area contributed by atoms with Crippen LogP contribution in [0.2, 0.25) is 0 Å². The van der Waals surface area contributed by atoms with Crippen LogP contribution < -0.4 is 5.32 Å².